The monoisotopic (exact) mass is 272 g/mol. The van der Waals surface area contributed by atoms with Crippen molar-refractivity contribution in [2.75, 3.05) is 26.0 Å². The van der Waals surface area contributed by atoms with E-state index in [0.717, 1.165) is 9.47 Å². The van der Waals surface area contributed by atoms with E-state index in [1.165, 1.54) is 23.1 Å². The number of amides is 1. The smallest absolute Gasteiger partial charge is 0.235 e. The number of hydrogen-bond acceptors (Lipinski definition) is 6. The maximum absolute atomic E-state index is 11.7. The predicted molar refractivity (Wildman–Crippen MR) is 72.6 cm³/mol. The van der Waals surface area contributed by atoms with Crippen molar-refractivity contribution in [1.82, 2.24) is 15.1 Å². The van der Waals surface area contributed by atoms with Crippen LogP contribution in [0.15, 0.2) is 17.0 Å². The Morgan fingerprint density at radius 3 is 2.94 bits per heavy atom. The second-order valence-electron chi connectivity index (χ2n) is 3.54. The molecule has 0 aliphatic rings. The molecule has 1 N–H and O–H groups in total. The summed E-state index contributed by atoms with van der Waals surface area (Å²) in [6.07, 6.45) is 1.76. The molecule has 0 aromatic carbocycles. The van der Waals surface area contributed by atoms with E-state index >= 15 is 0 Å². The molecular weight excluding hydrogens is 256 g/mol. The summed E-state index contributed by atoms with van der Waals surface area (Å²) in [5.41, 5.74) is 0. The van der Waals surface area contributed by atoms with Gasteiger partial charge in [0, 0.05) is 20.6 Å². The highest BCUT2D eigenvalue weighted by atomic mass is 32.2. The lowest BCUT2D eigenvalue weighted by Gasteiger charge is -2.14. The van der Waals surface area contributed by atoms with Crippen molar-refractivity contribution in [3.05, 3.63) is 12.7 Å². The molecule has 0 bridgehead atoms. The standard InChI is InChI=1S/C10H16N4OS2/c1-5-6-11-9-12-13-10(17-9)16-7(2)8(15)14(3)4/h5,7H,1,6H2,2-4H3,(H,11,12). The van der Waals surface area contributed by atoms with Gasteiger partial charge in [-0.05, 0) is 6.92 Å². The zero-order valence-electron chi connectivity index (χ0n) is 10.1. The van der Waals surface area contributed by atoms with Crippen LogP contribution in [-0.4, -0.2) is 46.9 Å². The van der Waals surface area contributed by atoms with Crippen LogP contribution in [0.3, 0.4) is 0 Å². The zero-order valence-corrected chi connectivity index (χ0v) is 11.8. The molecule has 1 aromatic heterocycles. The van der Waals surface area contributed by atoms with Crippen LogP contribution in [0.5, 0.6) is 0 Å². The molecule has 7 heteroatoms. The van der Waals surface area contributed by atoms with Crippen molar-refractivity contribution in [3.8, 4) is 0 Å². The number of hydrogen-bond donors (Lipinski definition) is 1. The summed E-state index contributed by atoms with van der Waals surface area (Å²) in [6, 6.07) is 0. The first-order valence-electron chi connectivity index (χ1n) is 5.10. The minimum atomic E-state index is -0.148. The molecule has 1 unspecified atom stereocenters. The average molecular weight is 272 g/mol. The molecule has 1 amide bonds. The van der Waals surface area contributed by atoms with Crippen LogP contribution in [0.4, 0.5) is 5.13 Å². The van der Waals surface area contributed by atoms with E-state index in [-0.39, 0.29) is 11.2 Å². The lowest BCUT2D eigenvalue weighted by molar-refractivity contribution is -0.127. The van der Waals surface area contributed by atoms with Crippen LogP contribution in [-0.2, 0) is 4.79 Å². The molecular formula is C10H16N4OS2. The molecule has 1 heterocycles. The Kier molecular flexibility index (Phi) is 5.43. The van der Waals surface area contributed by atoms with Crippen LogP contribution < -0.4 is 5.32 Å². The lowest BCUT2D eigenvalue weighted by Crippen LogP contribution is -2.29. The zero-order chi connectivity index (χ0) is 12.8. The molecule has 94 valence electrons. The summed E-state index contributed by atoms with van der Waals surface area (Å²) in [5.74, 6) is 0.0748. The summed E-state index contributed by atoms with van der Waals surface area (Å²) in [6.45, 7) is 6.14. The summed E-state index contributed by atoms with van der Waals surface area (Å²) in [5, 5.41) is 11.6. The largest absolute Gasteiger partial charge is 0.357 e. The normalized spacial score (nSPS) is 11.9. The summed E-state index contributed by atoms with van der Waals surface area (Å²) in [4.78, 5) is 13.2. The van der Waals surface area contributed by atoms with E-state index in [2.05, 4.69) is 22.1 Å². The molecule has 0 saturated heterocycles. The minimum absolute atomic E-state index is 0.0748. The van der Waals surface area contributed by atoms with Gasteiger partial charge in [-0.1, -0.05) is 29.2 Å². The van der Waals surface area contributed by atoms with Gasteiger partial charge in [-0.3, -0.25) is 4.79 Å². The lowest BCUT2D eigenvalue weighted by atomic mass is 10.4. The Bertz CT molecular complexity index is 391. The molecule has 1 rings (SSSR count). The van der Waals surface area contributed by atoms with Crippen LogP contribution in [0.2, 0.25) is 0 Å². The SMILES string of the molecule is C=CCNc1nnc(SC(C)C(=O)N(C)C)s1. The summed E-state index contributed by atoms with van der Waals surface area (Å²) in [7, 11) is 3.49. The number of nitrogens with zero attached hydrogens (tertiary/aromatic N) is 3. The first-order chi connectivity index (χ1) is 8.04. The molecule has 0 spiro atoms. The molecule has 1 aromatic rings. The average Bonchev–Trinajstić information content (AvgIpc) is 2.72. The van der Waals surface area contributed by atoms with Crippen molar-refractivity contribution in [2.45, 2.75) is 16.5 Å². The number of aromatic nitrogens is 2. The molecule has 0 aliphatic heterocycles. The summed E-state index contributed by atoms with van der Waals surface area (Å²) >= 11 is 2.86. The first kappa shape index (κ1) is 14.0. The number of carbonyl (C=O) groups is 1. The maximum Gasteiger partial charge on any atom is 0.235 e. The van der Waals surface area contributed by atoms with Crippen LogP contribution in [0.1, 0.15) is 6.92 Å². The van der Waals surface area contributed by atoms with Crippen molar-refractivity contribution in [2.24, 2.45) is 0 Å². The first-order valence-corrected chi connectivity index (χ1v) is 6.80. The van der Waals surface area contributed by atoms with Crippen LogP contribution >= 0.6 is 23.1 Å². The maximum atomic E-state index is 11.7. The number of thioether (sulfide) groups is 1. The van der Waals surface area contributed by atoms with Gasteiger partial charge in [0.15, 0.2) is 4.34 Å². The van der Waals surface area contributed by atoms with E-state index < -0.39 is 0 Å². The van der Waals surface area contributed by atoms with E-state index in [0.29, 0.717) is 6.54 Å². The van der Waals surface area contributed by atoms with Gasteiger partial charge < -0.3 is 10.2 Å². The molecule has 0 fully saturated rings. The Balaban J connectivity index is 2.54. The fourth-order valence-corrected chi connectivity index (χ4v) is 3.10. The number of nitrogens with one attached hydrogen (secondary N) is 1. The van der Waals surface area contributed by atoms with Crippen LogP contribution in [0.25, 0.3) is 0 Å². The highest BCUT2D eigenvalue weighted by molar-refractivity contribution is 8.02. The third-order valence-electron chi connectivity index (χ3n) is 1.87. The Morgan fingerprint density at radius 2 is 2.35 bits per heavy atom. The van der Waals surface area contributed by atoms with Gasteiger partial charge in [0.05, 0.1) is 5.25 Å². The minimum Gasteiger partial charge on any atom is -0.357 e. The highest BCUT2D eigenvalue weighted by Crippen LogP contribution is 2.29. The van der Waals surface area contributed by atoms with E-state index in [1.54, 1.807) is 25.1 Å². The topological polar surface area (TPSA) is 58.1 Å². The Morgan fingerprint density at radius 1 is 1.65 bits per heavy atom. The van der Waals surface area contributed by atoms with Gasteiger partial charge in [-0.2, -0.15) is 0 Å². The van der Waals surface area contributed by atoms with Gasteiger partial charge in [-0.15, -0.1) is 16.8 Å². The summed E-state index contributed by atoms with van der Waals surface area (Å²) < 4.78 is 0.791. The predicted octanol–water partition coefficient (Wildman–Crippen LogP) is 1.70. The van der Waals surface area contributed by atoms with Crippen molar-refractivity contribution < 1.29 is 4.79 Å². The molecule has 17 heavy (non-hydrogen) atoms. The molecule has 5 nitrogen and oxygen atoms in total. The van der Waals surface area contributed by atoms with E-state index in [1.807, 2.05) is 6.92 Å². The molecule has 1 atom stereocenters. The third kappa shape index (κ3) is 4.35. The third-order valence-corrected chi connectivity index (χ3v) is 3.92. The second kappa shape index (κ2) is 6.61. The van der Waals surface area contributed by atoms with E-state index in [4.69, 9.17) is 0 Å². The van der Waals surface area contributed by atoms with Gasteiger partial charge in [-0.25, -0.2) is 0 Å². The molecule has 0 radical (unpaired) electrons. The fraction of sp³-hybridized carbons (Fsp3) is 0.500. The van der Waals surface area contributed by atoms with Crippen molar-refractivity contribution >= 4 is 34.1 Å². The van der Waals surface area contributed by atoms with Gasteiger partial charge in [0.1, 0.15) is 0 Å². The molecule has 0 aliphatic carbocycles. The quantitative estimate of drug-likeness (QED) is 0.631. The Labute approximate surface area is 109 Å². The highest BCUT2D eigenvalue weighted by Gasteiger charge is 2.18. The second-order valence-corrected chi connectivity index (χ2v) is 6.10. The number of rotatable bonds is 6. The van der Waals surface area contributed by atoms with Gasteiger partial charge in [0.2, 0.25) is 11.0 Å². The van der Waals surface area contributed by atoms with Gasteiger partial charge >= 0.3 is 0 Å². The fourth-order valence-electron chi connectivity index (χ4n) is 1.05. The molecule has 0 saturated carbocycles. The van der Waals surface area contributed by atoms with Crippen LogP contribution in [0, 0.1) is 0 Å². The Hall–Kier alpha value is -1.08. The van der Waals surface area contributed by atoms with Crippen molar-refractivity contribution in [3.63, 3.8) is 0 Å². The van der Waals surface area contributed by atoms with Gasteiger partial charge in [0.25, 0.3) is 0 Å². The van der Waals surface area contributed by atoms with Crippen molar-refractivity contribution in [1.29, 1.82) is 0 Å². The van der Waals surface area contributed by atoms with E-state index in [9.17, 15) is 4.79 Å². The number of anilines is 1. The number of carbonyl (C=O) groups excluding carboxylic acids is 1.